The molecule has 0 spiro atoms. The number of likely N-dealkylation sites (N-methyl/N-ethyl adjacent to an activating group) is 1. The third kappa shape index (κ3) is 3.28. The molecule has 3 aromatic rings. The maximum atomic E-state index is 12.7. The molecule has 0 saturated carbocycles. The molecule has 1 amide bonds. The van der Waals surface area contributed by atoms with E-state index in [-0.39, 0.29) is 11.9 Å². The summed E-state index contributed by atoms with van der Waals surface area (Å²) >= 11 is 0. The number of benzene rings is 1. The molecule has 0 fully saturated rings. The molecule has 2 atom stereocenters. The van der Waals surface area contributed by atoms with Crippen LogP contribution in [0.1, 0.15) is 37.3 Å². The highest BCUT2D eigenvalue weighted by Gasteiger charge is 2.24. The predicted molar refractivity (Wildman–Crippen MR) is 97.0 cm³/mol. The first-order chi connectivity index (χ1) is 12.0. The van der Waals surface area contributed by atoms with Crippen LogP contribution in [0.15, 0.2) is 36.7 Å². The number of nitrogens with zero attached hydrogens (tertiary/aromatic N) is 4. The van der Waals surface area contributed by atoms with Gasteiger partial charge in [0.2, 0.25) is 5.91 Å². The lowest BCUT2D eigenvalue weighted by Gasteiger charge is -2.19. The van der Waals surface area contributed by atoms with E-state index in [4.69, 9.17) is 4.98 Å². The Morgan fingerprint density at radius 1 is 1.32 bits per heavy atom. The zero-order chi connectivity index (χ0) is 18.0. The van der Waals surface area contributed by atoms with Crippen molar-refractivity contribution in [3.63, 3.8) is 0 Å². The van der Waals surface area contributed by atoms with Gasteiger partial charge in [0.15, 0.2) is 0 Å². The third-order valence-electron chi connectivity index (χ3n) is 4.36. The number of imidazole rings is 1. The van der Waals surface area contributed by atoms with Crippen molar-refractivity contribution in [1.29, 1.82) is 0 Å². The standard InChI is InChI=1S/C18H24N6O/c1-5-24-15-9-7-6-8-14(15)22-17(24)12(2)21-18(25)16(19-3)13-10-20-23(4)11-13/h6-12,16,19H,5H2,1-4H3,(H,21,25). The van der Waals surface area contributed by atoms with Gasteiger partial charge in [-0.05, 0) is 33.0 Å². The fourth-order valence-corrected chi connectivity index (χ4v) is 3.16. The van der Waals surface area contributed by atoms with Gasteiger partial charge in [-0.15, -0.1) is 0 Å². The molecule has 3 rings (SSSR count). The van der Waals surface area contributed by atoms with Crippen LogP contribution >= 0.6 is 0 Å². The molecular formula is C18H24N6O. The third-order valence-corrected chi connectivity index (χ3v) is 4.36. The zero-order valence-electron chi connectivity index (χ0n) is 15.0. The second-order valence-corrected chi connectivity index (χ2v) is 6.10. The van der Waals surface area contributed by atoms with E-state index in [1.165, 1.54) is 0 Å². The summed E-state index contributed by atoms with van der Waals surface area (Å²) in [6.45, 7) is 4.84. The Bertz CT molecular complexity index is 881. The van der Waals surface area contributed by atoms with Crippen LogP contribution in [0.2, 0.25) is 0 Å². The number of hydrogen-bond donors (Lipinski definition) is 2. The minimum atomic E-state index is -0.449. The van der Waals surface area contributed by atoms with E-state index in [9.17, 15) is 4.79 Å². The van der Waals surface area contributed by atoms with Crippen molar-refractivity contribution >= 4 is 16.9 Å². The number of carbonyl (C=O) groups is 1. The second-order valence-electron chi connectivity index (χ2n) is 6.10. The lowest BCUT2D eigenvalue weighted by atomic mass is 10.1. The molecule has 0 aliphatic carbocycles. The van der Waals surface area contributed by atoms with Gasteiger partial charge in [-0.1, -0.05) is 12.1 Å². The van der Waals surface area contributed by atoms with Crippen molar-refractivity contribution in [2.24, 2.45) is 7.05 Å². The van der Waals surface area contributed by atoms with Gasteiger partial charge in [-0.25, -0.2) is 4.98 Å². The Kier molecular flexibility index (Phi) is 4.85. The summed E-state index contributed by atoms with van der Waals surface area (Å²) in [6.07, 6.45) is 3.54. The Balaban J connectivity index is 1.84. The van der Waals surface area contributed by atoms with E-state index < -0.39 is 6.04 Å². The van der Waals surface area contributed by atoms with Crippen molar-refractivity contribution in [3.8, 4) is 0 Å². The van der Waals surface area contributed by atoms with Gasteiger partial charge in [0, 0.05) is 25.4 Å². The molecule has 7 nitrogen and oxygen atoms in total. The number of para-hydroxylation sites is 2. The molecule has 7 heteroatoms. The number of rotatable bonds is 6. The molecule has 2 unspecified atom stereocenters. The minimum Gasteiger partial charge on any atom is -0.345 e. The number of aromatic nitrogens is 4. The average molecular weight is 340 g/mol. The van der Waals surface area contributed by atoms with Gasteiger partial charge < -0.3 is 15.2 Å². The van der Waals surface area contributed by atoms with Gasteiger partial charge >= 0.3 is 0 Å². The van der Waals surface area contributed by atoms with Crippen molar-refractivity contribution in [2.75, 3.05) is 7.05 Å². The van der Waals surface area contributed by atoms with Crippen molar-refractivity contribution in [3.05, 3.63) is 48.0 Å². The quantitative estimate of drug-likeness (QED) is 0.719. The lowest BCUT2D eigenvalue weighted by molar-refractivity contribution is -0.123. The molecule has 1 aromatic carbocycles. The van der Waals surface area contributed by atoms with E-state index in [1.807, 2.05) is 38.4 Å². The van der Waals surface area contributed by atoms with Crippen molar-refractivity contribution in [2.45, 2.75) is 32.5 Å². The number of hydrogen-bond acceptors (Lipinski definition) is 4. The highest BCUT2D eigenvalue weighted by atomic mass is 16.2. The zero-order valence-corrected chi connectivity index (χ0v) is 15.0. The summed E-state index contributed by atoms with van der Waals surface area (Å²) in [6, 6.07) is 7.37. The molecular weight excluding hydrogens is 316 g/mol. The predicted octanol–water partition coefficient (Wildman–Crippen LogP) is 1.93. The van der Waals surface area contributed by atoms with E-state index in [2.05, 4.69) is 33.3 Å². The number of fused-ring (bicyclic) bond motifs is 1. The highest BCUT2D eigenvalue weighted by molar-refractivity contribution is 5.83. The minimum absolute atomic E-state index is 0.0993. The maximum absolute atomic E-state index is 12.7. The van der Waals surface area contributed by atoms with Gasteiger partial charge in [-0.3, -0.25) is 9.48 Å². The highest BCUT2D eigenvalue weighted by Crippen LogP contribution is 2.21. The van der Waals surface area contributed by atoms with Gasteiger partial charge in [0.25, 0.3) is 0 Å². The van der Waals surface area contributed by atoms with Crippen molar-refractivity contribution in [1.82, 2.24) is 30.0 Å². The van der Waals surface area contributed by atoms with Crippen LogP contribution in [-0.2, 0) is 18.4 Å². The molecule has 25 heavy (non-hydrogen) atoms. The second kappa shape index (κ2) is 7.06. The van der Waals surface area contributed by atoms with E-state index in [0.717, 1.165) is 29.0 Å². The monoisotopic (exact) mass is 340 g/mol. The Hall–Kier alpha value is -2.67. The largest absolute Gasteiger partial charge is 0.345 e. The van der Waals surface area contributed by atoms with E-state index in [1.54, 1.807) is 17.9 Å². The Labute approximate surface area is 147 Å². The first-order valence-corrected chi connectivity index (χ1v) is 8.46. The normalized spacial score (nSPS) is 13.8. The van der Waals surface area contributed by atoms with Gasteiger partial charge in [0.1, 0.15) is 11.9 Å². The maximum Gasteiger partial charge on any atom is 0.242 e. The number of aryl methyl sites for hydroxylation is 2. The molecule has 132 valence electrons. The Morgan fingerprint density at radius 2 is 2.08 bits per heavy atom. The Morgan fingerprint density at radius 3 is 2.72 bits per heavy atom. The number of carbonyl (C=O) groups excluding carboxylic acids is 1. The van der Waals surface area contributed by atoms with E-state index >= 15 is 0 Å². The smallest absolute Gasteiger partial charge is 0.242 e. The fourth-order valence-electron chi connectivity index (χ4n) is 3.16. The molecule has 2 N–H and O–H groups in total. The fraction of sp³-hybridized carbons (Fsp3) is 0.389. The molecule has 0 bridgehead atoms. The van der Waals surface area contributed by atoms with Crippen LogP contribution in [0.4, 0.5) is 0 Å². The molecule has 0 aliphatic heterocycles. The van der Waals surface area contributed by atoms with Crippen LogP contribution in [-0.4, -0.2) is 32.3 Å². The number of amides is 1. The van der Waals surface area contributed by atoms with Crippen LogP contribution < -0.4 is 10.6 Å². The summed E-state index contributed by atoms with van der Waals surface area (Å²) in [5.41, 5.74) is 2.86. The molecule has 2 aromatic heterocycles. The van der Waals surface area contributed by atoms with Crippen molar-refractivity contribution < 1.29 is 4.79 Å². The molecule has 0 radical (unpaired) electrons. The summed E-state index contributed by atoms with van der Waals surface area (Å²) in [4.78, 5) is 17.4. The SMILES string of the molecule is CCn1c(C(C)NC(=O)C(NC)c2cnn(C)c2)nc2ccccc21. The lowest BCUT2D eigenvalue weighted by Crippen LogP contribution is -2.38. The van der Waals surface area contributed by atoms with Gasteiger partial charge in [-0.2, -0.15) is 5.10 Å². The van der Waals surface area contributed by atoms with Crippen LogP contribution in [0.3, 0.4) is 0 Å². The molecule has 0 aliphatic rings. The summed E-state index contributed by atoms with van der Waals surface area (Å²) in [5, 5.41) is 10.3. The van der Waals surface area contributed by atoms with Crippen LogP contribution in [0, 0.1) is 0 Å². The van der Waals surface area contributed by atoms with E-state index in [0.29, 0.717) is 0 Å². The summed E-state index contributed by atoms with van der Waals surface area (Å²) in [5.74, 6) is 0.760. The summed E-state index contributed by atoms with van der Waals surface area (Å²) in [7, 11) is 3.60. The molecule has 2 heterocycles. The van der Waals surface area contributed by atoms with Crippen LogP contribution in [0.25, 0.3) is 11.0 Å². The summed E-state index contributed by atoms with van der Waals surface area (Å²) < 4.78 is 3.83. The first-order valence-electron chi connectivity index (χ1n) is 8.46. The topological polar surface area (TPSA) is 76.8 Å². The number of nitrogens with one attached hydrogen (secondary N) is 2. The van der Waals surface area contributed by atoms with Crippen LogP contribution in [0.5, 0.6) is 0 Å². The molecule has 0 saturated heterocycles. The van der Waals surface area contributed by atoms with Gasteiger partial charge in [0.05, 0.1) is 23.3 Å². The average Bonchev–Trinajstić information content (AvgIpc) is 3.19. The first kappa shape index (κ1) is 17.2.